The van der Waals surface area contributed by atoms with Crippen LogP contribution in [0.25, 0.3) is 0 Å². The van der Waals surface area contributed by atoms with Gasteiger partial charge in [-0.15, -0.1) is 0 Å². The summed E-state index contributed by atoms with van der Waals surface area (Å²) in [5.74, 6) is 2.89. The van der Waals surface area contributed by atoms with Crippen molar-refractivity contribution >= 4 is 0 Å². The standard InChI is InChI=1S/C9H17N3/c1-2-11-6-8-12(9-7-11)5-3-4-10/h2,5-10H2,1H3. The third-order valence-corrected chi connectivity index (χ3v) is 2.32. The van der Waals surface area contributed by atoms with Crippen LogP contribution in [-0.2, 0) is 0 Å². The molecule has 0 bridgehead atoms. The Labute approximate surface area is 74.5 Å². The molecule has 0 radical (unpaired) electrons. The van der Waals surface area contributed by atoms with Crippen LogP contribution in [0.15, 0.2) is 0 Å². The van der Waals surface area contributed by atoms with Crippen molar-refractivity contribution in [2.75, 3.05) is 39.3 Å². The fourth-order valence-corrected chi connectivity index (χ4v) is 1.42. The molecule has 0 aromatic rings. The van der Waals surface area contributed by atoms with Crippen molar-refractivity contribution in [1.29, 1.82) is 0 Å². The van der Waals surface area contributed by atoms with E-state index in [4.69, 9.17) is 5.73 Å². The minimum Gasteiger partial charge on any atom is -0.359 e. The minimum atomic E-state index is 0.827. The summed E-state index contributed by atoms with van der Waals surface area (Å²) in [6.45, 7) is 8.79. The van der Waals surface area contributed by atoms with Crippen molar-refractivity contribution in [3.63, 3.8) is 0 Å². The topological polar surface area (TPSA) is 32.5 Å². The van der Waals surface area contributed by atoms with E-state index in [-0.39, 0.29) is 0 Å². The molecule has 1 rings (SSSR count). The molecule has 0 atom stereocenters. The SMILES string of the molecule is CCN1CCN(CC#CN)CC1. The highest BCUT2D eigenvalue weighted by Gasteiger charge is 2.13. The molecule has 0 aromatic carbocycles. The first-order valence-electron chi connectivity index (χ1n) is 4.50. The lowest BCUT2D eigenvalue weighted by molar-refractivity contribution is 0.149. The van der Waals surface area contributed by atoms with E-state index in [1.807, 2.05) is 0 Å². The highest BCUT2D eigenvalue weighted by atomic mass is 15.2. The van der Waals surface area contributed by atoms with Gasteiger partial charge >= 0.3 is 0 Å². The Hall–Kier alpha value is -0.720. The number of likely N-dealkylation sites (N-methyl/N-ethyl adjacent to an activating group) is 1. The number of hydrogen-bond acceptors (Lipinski definition) is 3. The lowest BCUT2D eigenvalue weighted by Crippen LogP contribution is -2.46. The van der Waals surface area contributed by atoms with Crippen LogP contribution >= 0.6 is 0 Å². The summed E-state index contributed by atoms with van der Waals surface area (Å²) in [6.07, 6.45) is 0. The van der Waals surface area contributed by atoms with Gasteiger partial charge in [0.1, 0.15) is 0 Å². The van der Waals surface area contributed by atoms with Crippen LogP contribution in [0.2, 0.25) is 0 Å². The van der Waals surface area contributed by atoms with Gasteiger partial charge in [-0.2, -0.15) is 0 Å². The van der Waals surface area contributed by atoms with E-state index in [9.17, 15) is 0 Å². The Morgan fingerprint density at radius 2 is 1.75 bits per heavy atom. The minimum absolute atomic E-state index is 0.827. The van der Waals surface area contributed by atoms with E-state index >= 15 is 0 Å². The fraction of sp³-hybridized carbons (Fsp3) is 0.778. The summed E-state index contributed by atoms with van der Waals surface area (Å²) in [5.41, 5.74) is 5.10. The van der Waals surface area contributed by atoms with Crippen LogP contribution in [0, 0.1) is 12.0 Å². The molecule has 0 spiro atoms. The van der Waals surface area contributed by atoms with Crippen LogP contribution in [-0.4, -0.2) is 49.1 Å². The molecule has 12 heavy (non-hydrogen) atoms. The van der Waals surface area contributed by atoms with Crippen molar-refractivity contribution in [3.05, 3.63) is 0 Å². The monoisotopic (exact) mass is 167 g/mol. The van der Waals surface area contributed by atoms with E-state index in [1.54, 1.807) is 0 Å². The Morgan fingerprint density at radius 1 is 1.17 bits per heavy atom. The molecule has 1 aliphatic rings. The molecule has 2 N–H and O–H groups in total. The molecule has 1 saturated heterocycles. The van der Waals surface area contributed by atoms with E-state index in [0.717, 1.165) is 26.2 Å². The number of rotatable bonds is 2. The molecule has 1 aliphatic heterocycles. The number of piperazine rings is 1. The maximum atomic E-state index is 5.10. The van der Waals surface area contributed by atoms with Gasteiger partial charge < -0.3 is 10.6 Å². The summed E-state index contributed by atoms with van der Waals surface area (Å²) in [4.78, 5) is 4.79. The Kier molecular flexibility index (Phi) is 3.92. The van der Waals surface area contributed by atoms with Gasteiger partial charge in [0.15, 0.2) is 0 Å². The predicted molar refractivity (Wildman–Crippen MR) is 50.5 cm³/mol. The van der Waals surface area contributed by atoms with Gasteiger partial charge in [0.05, 0.1) is 6.54 Å². The third kappa shape index (κ3) is 2.72. The number of nitrogens with two attached hydrogens (primary N) is 1. The first kappa shape index (κ1) is 9.37. The largest absolute Gasteiger partial charge is 0.359 e. The maximum absolute atomic E-state index is 5.10. The molecule has 1 fully saturated rings. The molecular formula is C9H17N3. The molecule has 1 heterocycles. The summed E-state index contributed by atoms with van der Waals surface area (Å²) >= 11 is 0. The highest BCUT2D eigenvalue weighted by Crippen LogP contribution is 1.99. The maximum Gasteiger partial charge on any atom is 0.0620 e. The average Bonchev–Trinajstić information content (AvgIpc) is 2.15. The normalized spacial score (nSPS) is 20.1. The Bertz CT molecular complexity index is 172. The number of nitrogens with zero attached hydrogens (tertiary/aromatic N) is 2. The molecule has 0 aromatic heterocycles. The lowest BCUT2D eigenvalue weighted by atomic mass is 10.3. The van der Waals surface area contributed by atoms with Crippen molar-refractivity contribution in [2.45, 2.75) is 6.92 Å². The Balaban J connectivity index is 2.20. The smallest absolute Gasteiger partial charge is 0.0620 e. The lowest BCUT2D eigenvalue weighted by Gasteiger charge is -2.32. The quantitative estimate of drug-likeness (QED) is 0.446. The summed E-state index contributed by atoms with van der Waals surface area (Å²) in [5, 5.41) is 0. The molecule has 68 valence electrons. The van der Waals surface area contributed by atoms with Gasteiger partial charge in [-0.25, -0.2) is 0 Å². The second-order valence-electron chi connectivity index (χ2n) is 3.03. The van der Waals surface area contributed by atoms with Crippen LogP contribution in [0.1, 0.15) is 6.92 Å². The van der Waals surface area contributed by atoms with Gasteiger partial charge in [-0.3, -0.25) is 4.90 Å². The van der Waals surface area contributed by atoms with Gasteiger partial charge in [0, 0.05) is 32.2 Å². The predicted octanol–water partition coefficient (Wildman–Crippen LogP) is -0.456. The molecular weight excluding hydrogens is 150 g/mol. The average molecular weight is 167 g/mol. The second-order valence-corrected chi connectivity index (χ2v) is 3.03. The molecule has 0 saturated carbocycles. The summed E-state index contributed by atoms with van der Waals surface area (Å²) < 4.78 is 0. The molecule has 3 heteroatoms. The van der Waals surface area contributed by atoms with Crippen LogP contribution in [0.3, 0.4) is 0 Å². The van der Waals surface area contributed by atoms with Gasteiger partial charge in [0.25, 0.3) is 0 Å². The summed E-state index contributed by atoms with van der Waals surface area (Å²) in [6, 6.07) is 2.43. The van der Waals surface area contributed by atoms with Crippen molar-refractivity contribution in [3.8, 4) is 12.0 Å². The van der Waals surface area contributed by atoms with Crippen LogP contribution in [0.4, 0.5) is 0 Å². The van der Waals surface area contributed by atoms with Crippen molar-refractivity contribution < 1.29 is 0 Å². The van der Waals surface area contributed by atoms with E-state index < -0.39 is 0 Å². The second kappa shape index (κ2) is 5.02. The van der Waals surface area contributed by atoms with E-state index in [1.165, 1.54) is 13.1 Å². The van der Waals surface area contributed by atoms with Gasteiger partial charge in [-0.05, 0) is 6.54 Å². The zero-order valence-electron chi connectivity index (χ0n) is 7.71. The third-order valence-electron chi connectivity index (χ3n) is 2.32. The first-order valence-corrected chi connectivity index (χ1v) is 4.50. The molecule has 3 nitrogen and oxygen atoms in total. The van der Waals surface area contributed by atoms with E-state index in [2.05, 4.69) is 28.7 Å². The molecule has 0 amide bonds. The molecule has 0 aliphatic carbocycles. The van der Waals surface area contributed by atoms with Crippen LogP contribution < -0.4 is 5.73 Å². The fourth-order valence-electron chi connectivity index (χ4n) is 1.42. The zero-order chi connectivity index (χ0) is 8.81. The zero-order valence-corrected chi connectivity index (χ0v) is 7.71. The Morgan fingerprint density at radius 3 is 2.25 bits per heavy atom. The van der Waals surface area contributed by atoms with Crippen LogP contribution in [0.5, 0.6) is 0 Å². The first-order chi connectivity index (χ1) is 5.86. The highest BCUT2D eigenvalue weighted by molar-refractivity contribution is 4.97. The van der Waals surface area contributed by atoms with Crippen molar-refractivity contribution in [2.24, 2.45) is 5.73 Å². The number of hydrogen-bond donors (Lipinski definition) is 1. The molecule has 0 unspecified atom stereocenters. The van der Waals surface area contributed by atoms with Crippen molar-refractivity contribution in [1.82, 2.24) is 9.80 Å². The van der Waals surface area contributed by atoms with Gasteiger partial charge in [-0.1, -0.05) is 12.8 Å². The van der Waals surface area contributed by atoms with Gasteiger partial charge in [0.2, 0.25) is 0 Å². The van der Waals surface area contributed by atoms with E-state index in [0.29, 0.717) is 0 Å². The summed E-state index contributed by atoms with van der Waals surface area (Å²) in [7, 11) is 0.